The van der Waals surface area contributed by atoms with Gasteiger partial charge in [-0.2, -0.15) is 0 Å². The Bertz CT molecular complexity index is 1220. The summed E-state index contributed by atoms with van der Waals surface area (Å²) in [5.74, 6) is 2.13. The highest BCUT2D eigenvalue weighted by Gasteiger charge is 2.18. The lowest BCUT2D eigenvalue weighted by atomic mass is 10.1. The minimum absolute atomic E-state index is 0.145. The lowest BCUT2D eigenvalue weighted by Gasteiger charge is -2.29. The van der Waals surface area contributed by atoms with Crippen molar-refractivity contribution in [2.24, 2.45) is 0 Å². The number of anilines is 1. The molecule has 2 aromatic carbocycles. The first kappa shape index (κ1) is 24.8. The van der Waals surface area contributed by atoms with Crippen LogP contribution in [0.1, 0.15) is 26.3 Å². The topological polar surface area (TPSA) is 79.1 Å². The second-order valence-corrected chi connectivity index (χ2v) is 8.64. The number of likely N-dealkylation sites (N-methyl/N-ethyl adjacent to an activating group) is 1. The zero-order valence-electron chi connectivity index (χ0n) is 20.4. The molecule has 0 saturated carbocycles. The molecule has 9 heteroatoms. The van der Waals surface area contributed by atoms with Gasteiger partial charge in [0.2, 0.25) is 6.79 Å². The molecule has 0 spiro atoms. The van der Waals surface area contributed by atoms with E-state index in [1.165, 1.54) is 0 Å². The summed E-state index contributed by atoms with van der Waals surface area (Å²) in [6.07, 6.45) is 0. The van der Waals surface area contributed by atoms with Crippen LogP contribution in [-0.2, 0) is 6.54 Å². The normalized spacial score (nSPS) is 12.2. The fourth-order valence-electron chi connectivity index (χ4n) is 4.02. The fraction of sp³-hybridized carbons (Fsp3) is 0.385. The molecule has 186 valence electrons. The number of nitrogens with one attached hydrogen (secondary N) is 2. The number of hydrogen-bond donors (Lipinski definition) is 2. The third-order valence-corrected chi connectivity index (χ3v) is 6.42. The molecule has 0 aliphatic carbocycles. The maximum absolute atomic E-state index is 13.0. The number of hydrogen-bond acceptors (Lipinski definition) is 6. The summed E-state index contributed by atoms with van der Waals surface area (Å²) in [4.78, 5) is 20.3. The van der Waals surface area contributed by atoms with Crippen molar-refractivity contribution >= 4 is 33.9 Å². The predicted molar refractivity (Wildman–Crippen MR) is 143 cm³/mol. The zero-order valence-corrected chi connectivity index (χ0v) is 21.2. The summed E-state index contributed by atoms with van der Waals surface area (Å²) in [5, 5.41) is 4.77. The number of fused-ring (bicyclic) bond motifs is 2. The van der Waals surface area contributed by atoms with E-state index in [1.54, 1.807) is 6.07 Å². The lowest BCUT2D eigenvalue weighted by Crippen LogP contribution is -2.41. The minimum atomic E-state index is -0.145. The predicted octanol–water partition coefficient (Wildman–Crippen LogP) is 4.20. The summed E-state index contributed by atoms with van der Waals surface area (Å²) in [6.45, 7) is 10.8. The van der Waals surface area contributed by atoms with Gasteiger partial charge in [0, 0.05) is 35.8 Å². The molecule has 2 heterocycles. The maximum atomic E-state index is 13.0. The number of ether oxygens (including phenoxy) is 3. The van der Waals surface area contributed by atoms with Gasteiger partial charge in [-0.05, 0) is 68.6 Å². The summed E-state index contributed by atoms with van der Waals surface area (Å²) >= 11 is 5.79. The Morgan fingerprint density at radius 2 is 1.77 bits per heavy atom. The van der Waals surface area contributed by atoms with Crippen molar-refractivity contribution in [3.05, 3.63) is 58.4 Å². The summed E-state index contributed by atoms with van der Waals surface area (Å²) in [5.41, 5.74) is 2.07. The van der Waals surface area contributed by atoms with Crippen LogP contribution in [0.25, 0.3) is 10.9 Å². The first-order valence-electron chi connectivity index (χ1n) is 12.0. The number of pyridine rings is 1. The van der Waals surface area contributed by atoms with Crippen molar-refractivity contribution < 1.29 is 14.2 Å². The Balaban J connectivity index is 1.56. The van der Waals surface area contributed by atoms with E-state index in [2.05, 4.69) is 29.0 Å². The molecule has 0 radical (unpaired) electrons. The molecule has 3 aromatic rings. The first-order valence-corrected chi connectivity index (χ1v) is 12.4. The van der Waals surface area contributed by atoms with E-state index in [4.69, 9.17) is 26.4 Å². The molecule has 0 atom stereocenters. The monoisotopic (exact) mass is 496 g/mol. The molecule has 35 heavy (non-hydrogen) atoms. The van der Waals surface area contributed by atoms with Crippen molar-refractivity contribution in [3.8, 4) is 17.2 Å². The van der Waals surface area contributed by atoms with Crippen LogP contribution in [0.15, 0.2) is 47.3 Å². The SMILES string of the molecule is CCOc1ccc(NC(=S)N(CCN(CC)CC)Cc2cc3cc4c(cc3[nH]c2=O)OCO4)cc1. The first-order chi connectivity index (χ1) is 17.0. The van der Waals surface area contributed by atoms with E-state index in [-0.39, 0.29) is 12.4 Å². The van der Waals surface area contributed by atoms with E-state index in [9.17, 15) is 4.79 Å². The van der Waals surface area contributed by atoms with Gasteiger partial charge >= 0.3 is 0 Å². The van der Waals surface area contributed by atoms with Crippen LogP contribution >= 0.6 is 12.2 Å². The van der Waals surface area contributed by atoms with Crippen molar-refractivity contribution in [1.82, 2.24) is 14.8 Å². The third-order valence-electron chi connectivity index (χ3n) is 6.06. The van der Waals surface area contributed by atoms with E-state index in [0.717, 1.165) is 36.5 Å². The summed E-state index contributed by atoms with van der Waals surface area (Å²) in [6, 6.07) is 13.3. The number of benzene rings is 2. The van der Waals surface area contributed by atoms with Crippen molar-refractivity contribution in [2.45, 2.75) is 27.3 Å². The number of aromatic nitrogens is 1. The standard InChI is InChI=1S/C26H32N4O4S/c1-4-29(5-2)11-12-30(26(35)27-20-7-9-21(10-8-20)32-6-3)16-19-13-18-14-23-24(34-17-33-23)15-22(18)28-25(19)31/h7-10,13-15H,4-6,11-12,16-17H2,1-3H3,(H,27,35)(H,28,31). The molecule has 0 unspecified atom stereocenters. The molecular formula is C26H32N4O4S. The minimum Gasteiger partial charge on any atom is -0.494 e. The van der Waals surface area contributed by atoms with E-state index in [0.29, 0.717) is 47.4 Å². The molecule has 2 N–H and O–H groups in total. The van der Waals surface area contributed by atoms with Crippen LogP contribution in [-0.4, -0.2) is 59.5 Å². The molecule has 1 aliphatic heterocycles. The fourth-order valence-corrected chi connectivity index (χ4v) is 4.30. The number of nitrogens with zero attached hydrogens (tertiary/aromatic N) is 2. The van der Waals surface area contributed by atoms with Gasteiger partial charge in [0.25, 0.3) is 5.56 Å². The van der Waals surface area contributed by atoms with Gasteiger partial charge in [-0.3, -0.25) is 4.79 Å². The van der Waals surface area contributed by atoms with E-state index in [1.807, 2.05) is 48.2 Å². The number of thiocarbonyl (C=S) groups is 1. The Morgan fingerprint density at radius 1 is 1.06 bits per heavy atom. The van der Waals surface area contributed by atoms with E-state index >= 15 is 0 Å². The highest BCUT2D eigenvalue weighted by molar-refractivity contribution is 7.80. The second-order valence-electron chi connectivity index (χ2n) is 8.25. The highest BCUT2D eigenvalue weighted by Crippen LogP contribution is 2.35. The molecule has 8 nitrogen and oxygen atoms in total. The third kappa shape index (κ3) is 6.04. The van der Waals surface area contributed by atoms with Gasteiger partial charge in [-0.15, -0.1) is 0 Å². The van der Waals surface area contributed by atoms with Crippen LogP contribution < -0.4 is 25.1 Å². The molecule has 0 bridgehead atoms. The largest absolute Gasteiger partial charge is 0.494 e. The summed E-state index contributed by atoms with van der Waals surface area (Å²) in [7, 11) is 0. The highest BCUT2D eigenvalue weighted by atomic mass is 32.1. The molecule has 0 saturated heterocycles. The average molecular weight is 497 g/mol. The van der Waals surface area contributed by atoms with Crippen molar-refractivity contribution in [3.63, 3.8) is 0 Å². The molecule has 1 aliphatic rings. The molecule has 0 amide bonds. The van der Waals surface area contributed by atoms with Gasteiger partial charge in [-0.1, -0.05) is 13.8 Å². The Labute approximate surface area is 210 Å². The smallest absolute Gasteiger partial charge is 0.253 e. The van der Waals surface area contributed by atoms with Crippen LogP contribution in [0.4, 0.5) is 5.69 Å². The van der Waals surface area contributed by atoms with Gasteiger partial charge in [-0.25, -0.2) is 0 Å². The number of aromatic amines is 1. The second kappa shape index (κ2) is 11.4. The van der Waals surface area contributed by atoms with Crippen molar-refractivity contribution in [2.75, 3.05) is 44.9 Å². The number of rotatable bonds is 10. The molecule has 4 rings (SSSR count). The molecule has 1 aromatic heterocycles. The number of H-pyrrole nitrogens is 1. The Hall–Kier alpha value is -3.30. The van der Waals surface area contributed by atoms with Crippen LogP contribution in [0.2, 0.25) is 0 Å². The lowest BCUT2D eigenvalue weighted by molar-refractivity contribution is 0.174. The average Bonchev–Trinajstić information content (AvgIpc) is 3.31. The van der Waals surface area contributed by atoms with Gasteiger partial charge in [0.15, 0.2) is 16.6 Å². The van der Waals surface area contributed by atoms with Crippen LogP contribution in [0.3, 0.4) is 0 Å². The van der Waals surface area contributed by atoms with Crippen molar-refractivity contribution in [1.29, 1.82) is 0 Å². The molecule has 0 fully saturated rings. The molecular weight excluding hydrogens is 464 g/mol. The van der Waals surface area contributed by atoms with Gasteiger partial charge in [0.05, 0.1) is 18.7 Å². The van der Waals surface area contributed by atoms with Crippen LogP contribution in [0.5, 0.6) is 17.2 Å². The Kier molecular flexibility index (Phi) is 8.09. The zero-order chi connectivity index (χ0) is 24.8. The summed E-state index contributed by atoms with van der Waals surface area (Å²) < 4.78 is 16.5. The quantitative estimate of drug-likeness (QED) is 0.405. The van der Waals surface area contributed by atoms with Gasteiger partial charge in [0.1, 0.15) is 5.75 Å². The Morgan fingerprint density at radius 3 is 2.46 bits per heavy atom. The van der Waals surface area contributed by atoms with Crippen LogP contribution in [0, 0.1) is 0 Å². The van der Waals surface area contributed by atoms with Gasteiger partial charge < -0.3 is 34.3 Å². The van der Waals surface area contributed by atoms with E-state index < -0.39 is 0 Å². The maximum Gasteiger partial charge on any atom is 0.253 e.